The Morgan fingerprint density at radius 3 is 2.50 bits per heavy atom. The van der Waals surface area contributed by atoms with Gasteiger partial charge >= 0.3 is 0 Å². The summed E-state index contributed by atoms with van der Waals surface area (Å²) < 4.78 is 14.6. The van der Waals surface area contributed by atoms with Crippen molar-refractivity contribution in [3.05, 3.63) is 96.1 Å². The van der Waals surface area contributed by atoms with Gasteiger partial charge in [0.25, 0.3) is 5.91 Å². The molecular weight excluding hydrogens is 381 g/mol. The van der Waals surface area contributed by atoms with E-state index in [1.807, 2.05) is 42.5 Å². The number of rotatable bonds is 5. The van der Waals surface area contributed by atoms with Crippen LogP contribution in [-0.2, 0) is 0 Å². The zero-order chi connectivity index (χ0) is 20.9. The van der Waals surface area contributed by atoms with Gasteiger partial charge in [-0.2, -0.15) is 0 Å². The van der Waals surface area contributed by atoms with Gasteiger partial charge in [-0.1, -0.05) is 53.7 Å². The van der Waals surface area contributed by atoms with Gasteiger partial charge in [-0.15, -0.1) is 5.10 Å². The van der Waals surface area contributed by atoms with Gasteiger partial charge in [-0.25, -0.2) is 9.07 Å². The summed E-state index contributed by atoms with van der Waals surface area (Å²) in [6.45, 7) is 0. The summed E-state index contributed by atoms with van der Waals surface area (Å²) in [7, 11) is 0. The summed E-state index contributed by atoms with van der Waals surface area (Å²) in [6, 6.07) is 21.0. The van der Waals surface area contributed by atoms with E-state index < -0.39 is 5.91 Å². The maximum atomic E-state index is 13.2. The Bertz CT molecular complexity index is 1200. The fourth-order valence-corrected chi connectivity index (χ4v) is 2.85. The number of halogens is 1. The molecule has 7 heteroatoms. The number of hydrogen-bond donors (Lipinski definition) is 2. The number of nitrogens with two attached hydrogens (primary N) is 1. The van der Waals surface area contributed by atoms with Crippen LogP contribution in [0.1, 0.15) is 16.1 Å². The van der Waals surface area contributed by atoms with Crippen molar-refractivity contribution >= 4 is 29.6 Å². The highest BCUT2D eigenvalue weighted by Gasteiger charge is 2.13. The first-order valence-electron chi connectivity index (χ1n) is 9.20. The number of amides is 1. The van der Waals surface area contributed by atoms with Gasteiger partial charge in [-0.05, 0) is 47.0 Å². The summed E-state index contributed by atoms with van der Waals surface area (Å²) in [4.78, 5) is 12.6. The van der Waals surface area contributed by atoms with E-state index in [1.54, 1.807) is 30.5 Å². The van der Waals surface area contributed by atoms with Crippen LogP contribution in [0, 0.1) is 5.82 Å². The Kier molecular flexibility index (Phi) is 5.34. The molecule has 0 saturated heterocycles. The highest BCUT2D eigenvalue weighted by Crippen LogP contribution is 2.27. The molecule has 0 unspecified atom stereocenters. The molecule has 30 heavy (non-hydrogen) atoms. The smallest absolute Gasteiger partial charge is 0.277 e. The SMILES string of the molecule is Nc1ccc(-c2ccc(F)cc2)cc1NC(=O)c1cn(/C=C/c2ccccc2)nn1. The van der Waals surface area contributed by atoms with Gasteiger partial charge in [0.1, 0.15) is 5.82 Å². The molecule has 0 radical (unpaired) electrons. The predicted molar refractivity (Wildman–Crippen MR) is 116 cm³/mol. The second-order valence-electron chi connectivity index (χ2n) is 6.57. The number of hydrogen-bond acceptors (Lipinski definition) is 4. The Morgan fingerprint density at radius 2 is 1.73 bits per heavy atom. The van der Waals surface area contributed by atoms with E-state index in [4.69, 9.17) is 5.73 Å². The van der Waals surface area contributed by atoms with Gasteiger partial charge < -0.3 is 11.1 Å². The van der Waals surface area contributed by atoms with E-state index in [1.165, 1.54) is 23.0 Å². The average Bonchev–Trinajstić information content (AvgIpc) is 3.24. The van der Waals surface area contributed by atoms with E-state index in [2.05, 4.69) is 15.6 Å². The Labute approximate surface area is 172 Å². The molecule has 1 heterocycles. The van der Waals surface area contributed by atoms with Crippen LogP contribution < -0.4 is 11.1 Å². The molecule has 3 N–H and O–H groups in total. The minimum atomic E-state index is -0.433. The predicted octanol–water partition coefficient (Wildman–Crippen LogP) is 4.55. The van der Waals surface area contributed by atoms with Crippen molar-refractivity contribution in [2.75, 3.05) is 11.1 Å². The summed E-state index contributed by atoms with van der Waals surface area (Å²) in [5.41, 5.74) is 9.62. The molecule has 3 aromatic carbocycles. The number of anilines is 2. The summed E-state index contributed by atoms with van der Waals surface area (Å²) >= 11 is 0. The first kappa shape index (κ1) is 19.1. The second-order valence-corrected chi connectivity index (χ2v) is 6.57. The third-order valence-corrected chi connectivity index (χ3v) is 4.44. The first-order chi connectivity index (χ1) is 14.6. The first-order valence-corrected chi connectivity index (χ1v) is 9.20. The van der Waals surface area contributed by atoms with Crippen LogP contribution in [0.25, 0.3) is 23.4 Å². The summed E-state index contributed by atoms with van der Waals surface area (Å²) in [6.07, 6.45) is 5.10. The zero-order valence-electron chi connectivity index (χ0n) is 15.9. The van der Waals surface area contributed by atoms with Crippen LogP contribution in [0.15, 0.2) is 79.0 Å². The number of aromatic nitrogens is 3. The summed E-state index contributed by atoms with van der Waals surface area (Å²) in [5.74, 6) is -0.746. The lowest BCUT2D eigenvalue weighted by Crippen LogP contribution is -2.13. The van der Waals surface area contributed by atoms with Crippen molar-refractivity contribution < 1.29 is 9.18 Å². The van der Waals surface area contributed by atoms with Gasteiger partial charge in [0.05, 0.1) is 17.6 Å². The molecule has 0 bridgehead atoms. The maximum Gasteiger partial charge on any atom is 0.277 e. The van der Waals surface area contributed by atoms with Crippen molar-refractivity contribution in [2.24, 2.45) is 0 Å². The minimum absolute atomic E-state index is 0.152. The van der Waals surface area contributed by atoms with Gasteiger partial charge in [0, 0.05) is 6.20 Å². The number of carbonyl (C=O) groups excluding carboxylic acids is 1. The van der Waals surface area contributed by atoms with Crippen LogP contribution in [0.4, 0.5) is 15.8 Å². The number of nitrogens with zero attached hydrogens (tertiary/aromatic N) is 3. The van der Waals surface area contributed by atoms with Crippen molar-refractivity contribution in [1.82, 2.24) is 15.0 Å². The van der Waals surface area contributed by atoms with Gasteiger partial charge in [-0.3, -0.25) is 4.79 Å². The Balaban J connectivity index is 1.50. The average molecular weight is 399 g/mol. The largest absolute Gasteiger partial charge is 0.397 e. The van der Waals surface area contributed by atoms with Crippen LogP contribution in [-0.4, -0.2) is 20.9 Å². The molecule has 4 aromatic rings. The van der Waals surface area contributed by atoms with Gasteiger partial charge in [0.2, 0.25) is 0 Å². The number of benzene rings is 3. The fourth-order valence-electron chi connectivity index (χ4n) is 2.85. The highest BCUT2D eigenvalue weighted by molar-refractivity contribution is 6.04. The molecule has 0 aliphatic heterocycles. The molecule has 0 aliphatic carbocycles. The molecule has 0 atom stereocenters. The molecule has 0 fully saturated rings. The van der Waals surface area contributed by atoms with Crippen molar-refractivity contribution in [3.8, 4) is 11.1 Å². The molecule has 0 saturated carbocycles. The Hall–Kier alpha value is -4.26. The van der Waals surface area contributed by atoms with E-state index in [9.17, 15) is 9.18 Å². The van der Waals surface area contributed by atoms with Crippen LogP contribution in [0.5, 0.6) is 0 Å². The number of nitrogen functional groups attached to an aromatic ring is 1. The van der Waals surface area contributed by atoms with E-state index >= 15 is 0 Å². The van der Waals surface area contributed by atoms with Crippen molar-refractivity contribution in [1.29, 1.82) is 0 Å². The highest BCUT2D eigenvalue weighted by atomic mass is 19.1. The lowest BCUT2D eigenvalue weighted by Gasteiger charge is -2.10. The molecular formula is C23H18FN5O. The Morgan fingerprint density at radius 1 is 1.00 bits per heavy atom. The van der Waals surface area contributed by atoms with Gasteiger partial charge in [0.15, 0.2) is 5.69 Å². The molecule has 1 amide bonds. The number of carbonyl (C=O) groups is 1. The lowest BCUT2D eigenvalue weighted by atomic mass is 10.0. The van der Waals surface area contributed by atoms with Crippen molar-refractivity contribution in [3.63, 3.8) is 0 Å². The third-order valence-electron chi connectivity index (χ3n) is 4.44. The topological polar surface area (TPSA) is 85.8 Å². The third kappa shape index (κ3) is 4.41. The van der Waals surface area contributed by atoms with Crippen LogP contribution in [0.2, 0.25) is 0 Å². The molecule has 0 aliphatic rings. The fraction of sp³-hybridized carbons (Fsp3) is 0. The molecule has 6 nitrogen and oxygen atoms in total. The molecule has 0 spiro atoms. The second kappa shape index (κ2) is 8.40. The standard InChI is InChI=1S/C23H18FN5O/c24-19-9-6-17(7-10-19)18-8-11-20(25)21(14-18)26-23(30)22-15-29(28-27-22)13-12-16-4-2-1-3-5-16/h1-15H,25H2,(H,26,30)/b13-12+. The van der Waals surface area contributed by atoms with Crippen LogP contribution in [0.3, 0.4) is 0 Å². The minimum Gasteiger partial charge on any atom is -0.397 e. The van der Waals surface area contributed by atoms with E-state index in [0.717, 1.165) is 16.7 Å². The zero-order valence-corrected chi connectivity index (χ0v) is 15.9. The van der Waals surface area contributed by atoms with Crippen LogP contribution >= 0.6 is 0 Å². The van der Waals surface area contributed by atoms with E-state index in [0.29, 0.717) is 11.4 Å². The lowest BCUT2D eigenvalue weighted by molar-refractivity contribution is 0.102. The maximum absolute atomic E-state index is 13.2. The van der Waals surface area contributed by atoms with Crippen molar-refractivity contribution in [2.45, 2.75) is 0 Å². The molecule has 4 rings (SSSR count). The molecule has 148 valence electrons. The van der Waals surface area contributed by atoms with E-state index in [-0.39, 0.29) is 11.5 Å². The normalized spacial score (nSPS) is 11.0. The number of nitrogens with one attached hydrogen (secondary N) is 1. The molecule has 1 aromatic heterocycles. The monoisotopic (exact) mass is 399 g/mol. The summed E-state index contributed by atoms with van der Waals surface area (Å²) in [5, 5.41) is 10.6. The quantitative estimate of drug-likeness (QED) is 0.482.